The highest BCUT2D eigenvalue weighted by Gasteiger charge is 2.74. The number of unbranched alkanes of at least 4 members (excludes halogenated alkanes) is 1. The smallest absolute Gasteiger partial charge is 0.311 e. The fourth-order valence-electron chi connectivity index (χ4n) is 13.8. The first-order valence-corrected chi connectivity index (χ1v) is 22.6. The Balaban J connectivity index is 0.720. The predicted molar refractivity (Wildman–Crippen MR) is 211 cm³/mol. The molecule has 6 fully saturated rings. The number of benzene rings is 2. The summed E-state index contributed by atoms with van der Waals surface area (Å²) in [6.07, 6.45) is 9.07. The van der Waals surface area contributed by atoms with Crippen LogP contribution in [0.25, 0.3) is 0 Å². The van der Waals surface area contributed by atoms with Crippen LogP contribution >= 0.6 is 0 Å². The molecule has 4 bridgehead atoms. The Morgan fingerprint density at radius 2 is 1.14 bits per heavy atom. The van der Waals surface area contributed by atoms with Gasteiger partial charge in [0.1, 0.15) is 0 Å². The molecule has 2 N–H and O–H groups in total. The summed E-state index contributed by atoms with van der Waals surface area (Å²) in [5.74, 6) is 1.83. The highest BCUT2D eigenvalue weighted by atomic mass is 16.6. The number of hydrogen-bond donors (Lipinski definition) is 2. The van der Waals surface area contributed by atoms with Gasteiger partial charge in [0.15, 0.2) is 46.8 Å². The SMILES string of the molecule is O=C(CCCCC(=O)Oc1ccc2c3c1O[C@H]1C(=O)CC[C@@]4(O)[C@@H](C2)N(CC2CC2)CC[C@]314)Oc1ccc2c3c1O[C@H]1C(=O)CC[C@@]4(O)[C@@H](C2)N(CC2CC2)CCC[C@]314. The Morgan fingerprint density at radius 3 is 1.63 bits per heavy atom. The minimum Gasteiger partial charge on any atom is -0.477 e. The van der Waals surface area contributed by atoms with Crippen LogP contribution in [0.15, 0.2) is 24.3 Å². The third-order valence-corrected chi connectivity index (χ3v) is 16.8. The van der Waals surface area contributed by atoms with E-state index in [-0.39, 0.29) is 60.8 Å². The lowest BCUT2D eigenvalue weighted by Crippen LogP contribution is -2.76. The predicted octanol–water partition coefficient (Wildman–Crippen LogP) is 4.41. The molecule has 0 amide bonds. The largest absolute Gasteiger partial charge is 0.477 e. The number of piperidine rings is 1. The van der Waals surface area contributed by atoms with Crippen LogP contribution in [-0.4, -0.2) is 105 Å². The van der Waals surface area contributed by atoms with Gasteiger partial charge < -0.3 is 29.2 Å². The zero-order valence-corrected chi connectivity index (χ0v) is 33.7. The Labute approximate surface area is 343 Å². The van der Waals surface area contributed by atoms with Gasteiger partial charge in [0, 0.05) is 62.0 Å². The molecule has 59 heavy (non-hydrogen) atoms. The van der Waals surface area contributed by atoms with E-state index in [4.69, 9.17) is 18.9 Å². The number of carbonyl (C=O) groups is 4. The molecule has 312 valence electrons. The van der Waals surface area contributed by atoms with E-state index in [1.54, 1.807) is 12.1 Å². The summed E-state index contributed by atoms with van der Waals surface area (Å²) in [4.78, 5) is 58.5. The van der Waals surface area contributed by atoms with Gasteiger partial charge in [-0.15, -0.1) is 0 Å². The fraction of sp³-hybridized carbons (Fsp3) is 0.660. The van der Waals surface area contributed by atoms with Gasteiger partial charge in [0.05, 0.1) is 22.0 Å². The first-order chi connectivity index (χ1) is 28.5. The second-order valence-electron chi connectivity index (χ2n) is 19.9. The molecule has 0 unspecified atom stereocenters. The van der Waals surface area contributed by atoms with Gasteiger partial charge in [0.2, 0.25) is 0 Å². The summed E-state index contributed by atoms with van der Waals surface area (Å²) in [6, 6.07) is 7.35. The molecule has 12 nitrogen and oxygen atoms in total. The van der Waals surface area contributed by atoms with Crippen LogP contribution in [-0.2, 0) is 42.8 Å². The van der Waals surface area contributed by atoms with Crippen molar-refractivity contribution < 1.29 is 48.3 Å². The molecule has 6 aliphatic carbocycles. The van der Waals surface area contributed by atoms with Crippen molar-refractivity contribution in [3.63, 3.8) is 0 Å². The summed E-state index contributed by atoms with van der Waals surface area (Å²) >= 11 is 0. The number of nitrogens with zero attached hydrogens (tertiary/aromatic N) is 2. The van der Waals surface area contributed by atoms with Crippen LogP contribution in [0.1, 0.15) is 119 Å². The molecule has 12 rings (SSSR count). The maximum absolute atomic E-state index is 13.5. The maximum atomic E-state index is 13.5. The molecule has 2 aromatic rings. The van der Waals surface area contributed by atoms with Gasteiger partial charge in [0.25, 0.3) is 0 Å². The van der Waals surface area contributed by atoms with Crippen molar-refractivity contribution in [1.82, 2.24) is 9.80 Å². The normalized spacial score (nSPS) is 37.2. The Morgan fingerprint density at radius 1 is 0.661 bits per heavy atom. The standard InChI is InChI=1S/C47H54N2O10/c50-30-14-17-46(54)34-22-28-10-12-32(40-38(28)44(46,42(30)58-40)16-3-20-48(34)24-26-6-7-26)56-36(52)4-1-2-5-37(53)57-33-13-11-29-23-35-47(55)18-15-31(51)43-45(47,39(29)41(33)59-43)19-21-49(35)25-27-8-9-27/h10-13,26-27,34-35,42-43,54-55H,1-9,14-25H2/t34-,35-,42+,43+,44+,45+,46-,47-/m1/s1. The molecule has 4 aliphatic heterocycles. The second kappa shape index (κ2) is 12.8. The monoisotopic (exact) mass is 806 g/mol. The molecule has 4 heterocycles. The van der Waals surface area contributed by atoms with Gasteiger partial charge in [-0.3, -0.25) is 29.0 Å². The topological polar surface area (TPSA) is 152 Å². The molecule has 2 spiro atoms. The lowest BCUT2D eigenvalue weighted by Gasteiger charge is -2.62. The third kappa shape index (κ3) is 5.09. The molecule has 4 saturated carbocycles. The van der Waals surface area contributed by atoms with Gasteiger partial charge in [-0.05, 0) is 132 Å². The summed E-state index contributed by atoms with van der Waals surface area (Å²) in [5.41, 5.74) is -0.0644. The van der Waals surface area contributed by atoms with Crippen LogP contribution in [0.4, 0.5) is 0 Å². The van der Waals surface area contributed by atoms with Gasteiger partial charge in [-0.2, -0.15) is 0 Å². The molecule has 0 radical (unpaired) electrons. The number of aliphatic hydroxyl groups is 2. The third-order valence-electron chi connectivity index (χ3n) is 16.8. The number of ketones is 2. The maximum Gasteiger partial charge on any atom is 0.311 e. The van der Waals surface area contributed by atoms with Gasteiger partial charge >= 0.3 is 11.9 Å². The van der Waals surface area contributed by atoms with Crippen molar-refractivity contribution in [3.05, 3.63) is 46.5 Å². The summed E-state index contributed by atoms with van der Waals surface area (Å²) in [5, 5.41) is 25.3. The molecule has 10 aliphatic rings. The van der Waals surface area contributed by atoms with Gasteiger partial charge in [-0.1, -0.05) is 12.1 Å². The highest BCUT2D eigenvalue weighted by molar-refractivity contribution is 5.91. The number of carbonyl (C=O) groups excluding carboxylic acids is 4. The average molecular weight is 807 g/mol. The summed E-state index contributed by atoms with van der Waals surface area (Å²) in [6.45, 7) is 3.65. The number of Topliss-reactive ketones (excluding diaryl/α,β-unsaturated/α-hetero) is 2. The van der Waals surface area contributed by atoms with E-state index >= 15 is 0 Å². The quantitative estimate of drug-likeness (QED) is 0.188. The fourth-order valence-corrected chi connectivity index (χ4v) is 13.8. The van der Waals surface area contributed by atoms with Crippen LogP contribution in [0.5, 0.6) is 23.0 Å². The number of rotatable bonds is 11. The molecule has 8 atom stereocenters. The van der Waals surface area contributed by atoms with Crippen molar-refractivity contribution in [2.24, 2.45) is 11.8 Å². The van der Waals surface area contributed by atoms with Crippen molar-refractivity contribution in [2.45, 2.75) is 155 Å². The Bertz CT molecular complexity index is 2200. The minimum atomic E-state index is -1.11. The Hall–Kier alpha value is -3.84. The van der Waals surface area contributed by atoms with E-state index in [9.17, 15) is 29.4 Å². The average Bonchev–Trinajstić information content (AvgIpc) is 4.15. The number of ether oxygens (including phenoxy) is 4. The van der Waals surface area contributed by atoms with Crippen LogP contribution in [0.3, 0.4) is 0 Å². The van der Waals surface area contributed by atoms with E-state index < -0.39 is 46.2 Å². The molecule has 0 aromatic heterocycles. The van der Waals surface area contributed by atoms with Crippen LogP contribution in [0, 0.1) is 11.8 Å². The molecular formula is C47H54N2O10. The zero-order valence-electron chi connectivity index (χ0n) is 33.7. The first kappa shape index (κ1) is 37.0. The summed E-state index contributed by atoms with van der Waals surface area (Å²) in [7, 11) is 0. The molecular weight excluding hydrogens is 753 g/mol. The van der Waals surface area contributed by atoms with Crippen molar-refractivity contribution in [1.29, 1.82) is 0 Å². The van der Waals surface area contributed by atoms with E-state index in [1.165, 1.54) is 25.7 Å². The second-order valence-corrected chi connectivity index (χ2v) is 19.9. The van der Waals surface area contributed by atoms with Gasteiger partial charge in [-0.25, -0.2) is 0 Å². The van der Waals surface area contributed by atoms with Crippen LogP contribution < -0.4 is 18.9 Å². The number of esters is 2. The van der Waals surface area contributed by atoms with Crippen molar-refractivity contribution >= 4 is 23.5 Å². The number of hydrogen-bond acceptors (Lipinski definition) is 12. The highest BCUT2D eigenvalue weighted by Crippen LogP contribution is 2.66. The first-order valence-electron chi connectivity index (χ1n) is 22.6. The lowest BCUT2D eigenvalue weighted by atomic mass is 9.49. The number of likely N-dealkylation sites (tertiary alicyclic amines) is 2. The van der Waals surface area contributed by atoms with E-state index in [0.717, 1.165) is 54.9 Å². The lowest BCUT2D eigenvalue weighted by molar-refractivity contribution is -0.188. The minimum absolute atomic E-state index is 0.000825. The van der Waals surface area contributed by atoms with Crippen LogP contribution in [0.2, 0.25) is 0 Å². The van der Waals surface area contributed by atoms with Crippen molar-refractivity contribution in [2.75, 3.05) is 26.2 Å². The van der Waals surface area contributed by atoms with E-state index in [0.29, 0.717) is 74.7 Å². The summed E-state index contributed by atoms with van der Waals surface area (Å²) < 4.78 is 24.8. The molecule has 2 saturated heterocycles. The van der Waals surface area contributed by atoms with Crippen molar-refractivity contribution in [3.8, 4) is 23.0 Å². The van der Waals surface area contributed by atoms with E-state index in [1.807, 2.05) is 12.1 Å². The van der Waals surface area contributed by atoms with E-state index in [2.05, 4.69) is 9.80 Å². The zero-order chi connectivity index (χ0) is 40.1. The molecule has 2 aromatic carbocycles. The molecule has 12 heteroatoms. The Kier molecular flexibility index (Phi) is 8.05.